The molecule has 0 aliphatic heterocycles. The Balaban J connectivity index is 2.36. The van der Waals surface area contributed by atoms with Crippen LogP contribution in [-0.4, -0.2) is 36.9 Å². The molecule has 8 heteroatoms. The lowest BCUT2D eigenvalue weighted by Crippen LogP contribution is -2.32. The van der Waals surface area contributed by atoms with Crippen LogP contribution in [0.2, 0.25) is 0 Å². The lowest BCUT2D eigenvalue weighted by molar-refractivity contribution is -0.121. The average Bonchev–Trinajstić information content (AvgIpc) is 2.77. The third kappa shape index (κ3) is 5.04. The summed E-state index contributed by atoms with van der Waals surface area (Å²) in [6, 6.07) is 0. The molecule has 0 aromatic carbocycles. The highest BCUT2D eigenvalue weighted by atomic mass is 32.1. The van der Waals surface area contributed by atoms with Gasteiger partial charge in [0.05, 0.1) is 0 Å². The van der Waals surface area contributed by atoms with Gasteiger partial charge in [-0.3, -0.25) is 9.59 Å². The minimum atomic E-state index is -0.307. The van der Waals surface area contributed by atoms with Gasteiger partial charge >= 0.3 is 0 Å². The number of carbonyl (C=O) groups is 2. The van der Waals surface area contributed by atoms with Crippen LogP contribution in [0.3, 0.4) is 0 Å². The van der Waals surface area contributed by atoms with E-state index in [2.05, 4.69) is 20.9 Å². The molecule has 0 saturated heterocycles. The summed E-state index contributed by atoms with van der Waals surface area (Å²) < 4.78 is 0. The van der Waals surface area contributed by atoms with Crippen LogP contribution in [0.1, 0.15) is 29.9 Å². The SMILES string of the molecule is CNc1nc(N)c(C(=O)NCCC(=O)NCC(C)C)s1. The van der Waals surface area contributed by atoms with Crippen LogP contribution in [0.5, 0.6) is 0 Å². The van der Waals surface area contributed by atoms with Crippen molar-refractivity contribution in [3.05, 3.63) is 4.88 Å². The standard InChI is InChI=1S/C12H21N5O2S/c1-7(2)6-16-8(18)4-5-15-11(19)9-10(13)17-12(14-3)20-9/h7H,4-6,13H2,1-3H3,(H,14,17)(H,15,19)(H,16,18). The van der Waals surface area contributed by atoms with Gasteiger partial charge in [-0.15, -0.1) is 0 Å². The fourth-order valence-corrected chi connectivity index (χ4v) is 2.13. The van der Waals surface area contributed by atoms with Crippen LogP contribution in [0.4, 0.5) is 10.9 Å². The lowest BCUT2D eigenvalue weighted by Gasteiger charge is -2.08. The van der Waals surface area contributed by atoms with Crippen molar-refractivity contribution < 1.29 is 9.59 Å². The Bertz CT molecular complexity index is 472. The first-order valence-electron chi connectivity index (χ1n) is 6.43. The van der Waals surface area contributed by atoms with Crippen LogP contribution >= 0.6 is 11.3 Å². The maximum absolute atomic E-state index is 11.9. The monoisotopic (exact) mass is 299 g/mol. The molecule has 1 heterocycles. The zero-order valence-corrected chi connectivity index (χ0v) is 12.8. The molecule has 0 saturated carbocycles. The first-order valence-corrected chi connectivity index (χ1v) is 7.24. The van der Waals surface area contributed by atoms with Gasteiger partial charge < -0.3 is 21.7 Å². The Morgan fingerprint density at radius 1 is 1.35 bits per heavy atom. The van der Waals surface area contributed by atoms with Crippen LogP contribution in [0, 0.1) is 5.92 Å². The van der Waals surface area contributed by atoms with Crippen LogP contribution in [0.15, 0.2) is 0 Å². The highest BCUT2D eigenvalue weighted by Crippen LogP contribution is 2.23. The second kappa shape index (κ2) is 7.68. The number of amides is 2. The minimum Gasteiger partial charge on any atom is -0.382 e. The molecule has 7 nitrogen and oxygen atoms in total. The van der Waals surface area contributed by atoms with E-state index in [1.54, 1.807) is 7.05 Å². The normalized spacial score (nSPS) is 10.4. The molecular weight excluding hydrogens is 278 g/mol. The number of nitrogens with one attached hydrogen (secondary N) is 3. The summed E-state index contributed by atoms with van der Waals surface area (Å²) in [6.45, 7) is 4.96. The molecule has 1 aromatic heterocycles. The number of carbonyl (C=O) groups excluding carboxylic acids is 2. The maximum atomic E-state index is 11.9. The summed E-state index contributed by atoms with van der Waals surface area (Å²) in [5.74, 6) is 0.219. The average molecular weight is 299 g/mol. The van der Waals surface area contributed by atoms with Gasteiger partial charge in [-0.2, -0.15) is 0 Å². The van der Waals surface area contributed by atoms with Crippen molar-refractivity contribution in [3.63, 3.8) is 0 Å². The topological polar surface area (TPSA) is 109 Å². The molecule has 5 N–H and O–H groups in total. The molecule has 0 spiro atoms. The van der Waals surface area contributed by atoms with E-state index in [1.807, 2.05) is 13.8 Å². The van der Waals surface area contributed by atoms with E-state index >= 15 is 0 Å². The highest BCUT2D eigenvalue weighted by molar-refractivity contribution is 7.18. The summed E-state index contributed by atoms with van der Waals surface area (Å²) >= 11 is 1.18. The van der Waals surface area contributed by atoms with Crippen molar-refractivity contribution in [2.75, 3.05) is 31.2 Å². The number of rotatable bonds is 7. The van der Waals surface area contributed by atoms with Gasteiger partial charge in [0.15, 0.2) is 5.13 Å². The molecule has 0 fully saturated rings. The van der Waals surface area contributed by atoms with Gasteiger partial charge in [0, 0.05) is 26.6 Å². The van der Waals surface area contributed by atoms with Gasteiger partial charge in [0.2, 0.25) is 5.91 Å². The second-order valence-corrected chi connectivity index (χ2v) is 5.69. The predicted molar refractivity (Wildman–Crippen MR) is 80.9 cm³/mol. The molecule has 0 bridgehead atoms. The molecule has 0 aliphatic rings. The van der Waals surface area contributed by atoms with Gasteiger partial charge in [0.1, 0.15) is 10.7 Å². The Morgan fingerprint density at radius 3 is 2.60 bits per heavy atom. The van der Waals surface area contributed by atoms with E-state index < -0.39 is 0 Å². The summed E-state index contributed by atoms with van der Waals surface area (Å²) in [5.41, 5.74) is 5.65. The molecule has 2 amide bonds. The van der Waals surface area contributed by atoms with E-state index in [4.69, 9.17) is 5.73 Å². The summed E-state index contributed by atoms with van der Waals surface area (Å²) in [4.78, 5) is 27.7. The molecule has 0 aliphatic carbocycles. The van der Waals surface area contributed by atoms with E-state index in [1.165, 1.54) is 11.3 Å². The molecule has 20 heavy (non-hydrogen) atoms. The molecule has 112 valence electrons. The minimum absolute atomic E-state index is 0.0767. The highest BCUT2D eigenvalue weighted by Gasteiger charge is 2.15. The maximum Gasteiger partial charge on any atom is 0.265 e. The predicted octanol–water partition coefficient (Wildman–Crippen LogP) is 0.659. The molecule has 1 aromatic rings. The zero-order valence-electron chi connectivity index (χ0n) is 11.9. The third-order valence-electron chi connectivity index (χ3n) is 2.42. The number of anilines is 2. The summed E-state index contributed by atoms with van der Waals surface area (Å²) in [6.07, 6.45) is 0.246. The smallest absolute Gasteiger partial charge is 0.265 e. The van der Waals surface area contributed by atoms with Crippen molar-refractivity contribution >= 4 is 34.1 Å². The van der Waals surface area contributed by atoms with Crippen molar-refractivity contribution in [1.29, 1.82) is 0 Å². The van der Waals surface area contributed by atoms with Gasteiger partial charge in [-0.1, -0.05) is 25.2 Å². The Kier molecular flexibility index (Phi) is 6.23. The van der Waals surface area contributed by atoms with Crippen molar-refractivity contribution in [2.45, 2.75) is 20.3 Å². The number of aromatic nitrogens is 1. The van der Waals surface area contributed by atoms with Gasteiger partial charge in [-0.25, -0.2) is 4.98 Å². The van der Waals surface area contributed by atoms with E-state index in [9.17, 15) is 9.59 Å². The fourth-order valence-electron chi connectivity index (χ4n) is 1.38. The van der Waals surface area contributed by atoms with E-state index in [0.29, 0.717) is 22.5 Å². The van der Waals surface area contributed by atoms with E-state index in [-0.39, 0.29) is 30.6 Å². The second-order valence-electron chi connectivity index (χ2n) is 4.69. The number of nitrogen functional groups attached to an aromatic ring is 1. The molecule has 0 unspecified atom stereocenters. The summed E-state index contributed by atoms with van der Waals surface area (Å²) in [7, 11) is 1.71. The largest absolute Gasteiger partial charge is 0.382 e. The van der Waals surface area contributed by atoms with Crippen molar-refractivity contribution in [3.8, 4) is 0 Å². The van der Waals surface area contributed by atoms with Crippen molar-refractivity contribution in [2.24, 2.45) is 5.92 Å². The summed E-state index contributed by atoms with van der Waals surface area (Å²) in [5, 5.41) is 8.86. The Morgan fingerprint density at radius 2 is 2.05 bits per heavy atom. The van der Waals surface area contributed by atoms with Crippen LogP contribution in [-0.2, 0) is 4.79 Å². The van der Waals surface area contributed by atoms with Crippen LogP contribution < -0.4 is 21.7 Å². The number of thiazole rings is 1. The number of nitrogens with zero attached hydrogens (tertiary/aromatic N) is 1. The van der Waals surface area contributed by atoms with Crippen molar-refractivity contribution in [1.82, 2.24) is 15.6 Å². The first-order chi connectivity index (χ1) is 9.43. The molecule has 0 radical (unpaired) electrons. The Hall–Kier alpha value is -1.83. The molecule has 0 atom stereocenters. The molecule has 1 rings (SSSR count). The number of nitrogens with two attached hydrogens (primary N) is 1. The lowest BCUT2D eigenvalue weighted by atomic mass is 10.2. The van der Waals surface area contributed by atoms with Gasteiger partial charge in [-0.05, 0) is 5.92 Å². The van der Waals surface area contributed by atoms with Crippen LogP contribution in [0.25, 0.3) is 0 Å². The fraction of sp³-hybridized carbons (Fsp3) is 0.583. The number of hydrogen-bond donors (Lipinski definition) is 4. The molecular formula is C12H21N5O2S. The number of hydrogen-bond acceptors (Lipinski definition) is 6. The van der Waals surface area contributed by atoms with E-state index in [0.717, 1.165) is 0 Å². The zero-order chi connectivity index (χ0) is 15.1. The van der Waals surface area contributed by atoms with Gasteiger partial charge in [0.25, 0.3) is 5.91 Å². The third-order valence-corrected chi connectivity index (χ3v) is 3.51. The quantitative estimate of drug-likeness (QED) is 0.591. The Labute approximate surface area is 122 Å². The first kappa shape index (κ1) is 16.2.